The van der Waals surface area contributed by atoms with Crippen molar-refractivity contribution in [3.8, 4) is 0 Å². The molecule has 0 saturated heterocycles. The summed E-state index contributed by atoms with van der Waals surface area (Å²) in [5, 5.41) is 1.29. The van der Waals surface area contributed by atoms with Gasteiger partial charge in [0.25, 0.3) is 0 Å². The molecule has 0 atom stereocenters. The maximum Gasteiger partial charge on any atom is 0.0465 e. The second-order valence-corrected chi connectivity index (χ2v) is 4.73. The SMILES string of the molecule is c1ccc(Sc2cccc3[nH]ccc23)cc1. The van der Waals surface area contributed by atoms with E-state index in [4.69, 9.17) is 0 Å². The number of aromatic nitrogens is 1. The van der Waals surface area contributed by atoms with Crippen molar-refractivity contribution in [3.05, 3.63) is 60.8 Å². The number of fused-ring (bicyclic) bond motifs is 1. The van der Waals surface area contributed by atoms with Gasteiger partial charge in [0.1, 0.15) is 0 Å². The highest BCUT2D eigenvalue weighted by Gasteiger charge is 2.02. The van der Waals surface area contributed by atoms with Crippen molar-refractivity contribution in [1.29, 1.82) is 0 Å². The molecule has 0 bridgehead atoms. The average molecular weight is 225 g/mol. The summed E-state index contributed by atoms with van der Waals surface area (Å²) in [5.74, 6) is 0. The van der Waals surface area contributed by atoms with E-state index in [1.54, 1.807) is 11.8 Å². The lowest BCUT2D eigenvalue weighted by Gasteiger charge is -2.02. The van der Waals surface area contributed by atoms with Crippen LogP contribution in [0.25, 0.3) is 10.9 Å². The van der Waals surface area contributed by atoms with Crippen molar-refractivity contribution in [3.63, 3.8) is 0 Å². The summed E-state index contributed by atoms with van der Waals surface area (Å²) in [7, 11) is 0. The molecule has 78 valence electrons. The van der Waals surface area contributed by atoms with Crippen LogP contribution in [0.1, 0.15) is 0 Å². The van der Waals surface area contributed by atoms with Gasteiger partial charge in [-0.05, 0) is 30.3 Å². The molecule has 0 fully saturated rings. The number of nitrogens with one attached hydrogen (secondary N) is 1. The summed E-state index contributed by atoms with van der Waals surface area (Å²) in [4.78, 5) is 5.80. The van der Waals surface area contributed by atoms with Crippen molar-refractivity contribution in [2.24, 2.45) is 0 Å². The zero-order chi connectivity index (χ0) is 10.8. The molecule has 3 aromatic rings. The van der Waals surface area contributed by atoms with Crippen LogP contribution in [0.4, 0.5) is 0 Å². The second kappa shape index (κ2) is 4.06. The molecular formula is C14H11NS. The van der Waals surface area contributed by atoms with Crippen LogP contribution in [0.5, 0.6) is 0 Å². The lowest BCUT2D eigenvalue weighted by molar-refractivity contribution is 1.43. The molecule has 0 spiro atoms. The van der Waals surface area contributed by atoms with E-state index in [9.17, 15) is 0 Å². The molecule has 1 aromatic heterocycles. The van der Waals surface area contributed by atoms with E-state index in [1.165, 1.54) is 20.7 Å². The van der Waals surface area contributed by atoms with Gasteiger partial charge in [0.2, 0.25) is 0 Å². The minimum Gasteiger partial charge on any atom is -0.361 e. The predicted octanol–water partition coefficient (Wildman–Crippen LogP) is 4.32. The highest BCUT2D eigenvalue weighted by atomic mass is 32.2. The smallest absolute Gasteiger partial charge is 0.0465 e. The van der Waals surface area contributed by atoms with Crippen molar-refractivity contribution in [1.82, 2.24) is 4.98 Å². The minimum atomic E-state index is 1.20. The van der Waals surface area contributed by atoms with Crippen LogP contribution < -0.4 is 0 Å². The Morgan fingerprint density at radius 1 is 0.812 bits per heavy atom. The van der Waals surface area contributed by atoms with Gasteiger partial charge >= 0.3 is 0 Å². The van der Waals surface area contributed by atoms with Crippen LogP contribution >= 0.6 is 11.8 Å². The molecule has 0 aliphatic carbocycles. The number of hydrogen-bond acceptors (Lipinski definition) is 1. The van der Waals surface area contributed by atoms with Crippen LogP contribution in [0.2, 0.25) is 0 Å². The van der Waals surface area contributed by atoms with Crippen LogP contribution in [-0.2, 0) is 0 Å². The predicted molar refractivity (Wildman–Crippen MR) is 68.9 cm³/mol. The highest BCUT2D eigenvalue weighted by molar-refractivity contribution is 7.99. The fourth-order valence-corrected chi connectivity index (χ4v) is 2.74. The average Bonchev–Trinajstić information content (AvgIpc) is 2.80. The number of aromatic amines is 1. The lowest BCUT2D eigenvalue weighted by atomic mass is 10.2. The Balaban J connectivity index is 2.04. The first-order valence-corrected chi connectivity index (χ1v) is 6.04. The van der Waals surface area contributed by atoms with Gasteiger partial charge in [-0.25, -0.2) is 0 Å². The van der Waals surface area contributed by atoms with Gasteiger partial charge in [-0.3, -0.25) is 0 Å². The molecule has 0 amide bonds. The molecule has 1 nitrogen and oxygen atoms in total. The first kappa shape index (κ1) is 9.55. The van der Waals surface area contributed by atoms with Gasteiger partial charge in [-0.1, -0.05) is 36.0 Å². The van der Waals surface area contributed by atoms with E-state index in [-0.39, 0.29) is 0 Å². The number of benzene rings is 2. The van der Waals surface area contributed by atoms with Crippen molar-refractivity contribution < 1.29 is 0 Å². The molecule has 0 radical (unpaired) electrons. The van der Waals surface area contributed by atoms with E-state index in [0.717, 1.165) is 0 Å². The van der Waals surface area contributed by atoms with E-state index in [0.29, 0.717) is 0 Å². The molecule has 2 aromatic carbocycles. The molecular weight excluding hydrogens is 214 g/mol. The van der Waals surface area contributed by atoms with Crippen LogP contribution in [0.3, 0.4) is 0 Å². The fourth-order valence-electron chi connectivity index (χ4n) is 1.76. The Hall–Kier alpha value is -1.67. The van der Waals surface area contributed by atoms with E-state index >= 15 is 0 Å². The molecule has 3 rings (SSSR count). The Morgan fingerprint density at radius 2 is 1.69 bits per heavy atom. The van der Waals surface area contributed by atoms with Gasteiger partial charge in [0, 0.05) is 26.9 Å². The normalized spacial score (nSPS) is 10.8. The monoisotopic (exact) mass is 225 g/mol. The summed E-state index contributed by atoms with van der Waals surface area (Å²) in [6, 6.07) is 18.9. The standard InChI is InChI=1S/C14H11NS/c1-2-5-11(6-3-1)16-14-8-4-7-13-12(14)9-10-15-13/h1-10,15H. The largest absolute Gasteiger partial charge is 0.361 e. The van der Waals surface area contributed by atoms with Crippen molar-refractivity contribution in [2.45, 2.75) is 9.79 Å². The zero-order valence-electron chi connectivity index (χ0n) is 8.68. The van der Waals surface area contributed by atoms with Crippen LogP contribution in [0.15, 0.2) is 70.6 Å². The fraction of sp³-hybridized carbons (Fsp3) is 0. The maximum absolute atomic E-state index is 3.23. The Bertz CT molecular complexity index is 598. The van der Waals surface area contributed by atoms with Gasteiger partial charge < -0.3 is 4.98 Å². The maximum atomic E-state index is 3.23. The molecule has 0 unspecified atom stereocenters. The molecule has 0 saturated carbocycles. The Morgan fingerprint density at radius 3 is 2.56 bits per heavy atom. The first-order valence-electron chi connectivity index (χ1n) is 5.22. The summed E-state index contributed by atoms with van der Waals surface area (Å²) in [6.07, 6.45) is 1.99. The van der Waals surface area contributed by atoms with E-state index in [1.807, 2.05) is 12.3 Å². The van der Waals surface area contributed by atoms with Crippen LogP contribution in [0, 0.1) is 0 Å². The third-order valence-corrected chi connectivity index (χ3v) is 3.61. The number of rotatable bonds is 2. The minimum absolute atomic E-state index is 1.20. The van der Waals surface area contributed by atoms with Crippen molar-refractivity contribution in [2.75, 3.05) is 0 Å². The number of hydrogen-bond donors (Lipinski definition) is 1. The molecule has 1 heterocycles. The third-order valence-electron chi connectivity index (χ3n) is 2.53. The molecule has 0 aliphatic heterocycles. The Kier molecular flexibility index (Phi) is 2.43. The molecule has 1 N–H and O–H groups in total. The van der Waals surface area contributed by atoms with Gasteiger partial charge in [-0.15, -0.1) is 0 Å². The summed E-state index contributed by atoms with van der Waals surface area (Å²) >= 11 is 1.80. The summed E-state index contributed by atoms with van der Waals surface area (Å²) in [6.45, 7) is 0. The first-order chi connectivity index (χ1) is 7.93. The van der Waals surface area contributed by atoms with E-state index in [2.05, 4.69) is 53.5 Å². The Labute approximate surface area is 98.5 Å². The summed E-state index contributed by atoms with van der Waals surface area (Å²) < 4.78 is 0. The third kappa shape index (κ3) is 1.72. The van der Waals surface area contributed by atoms with Crippen LogP contribution in [-0.4, -0.2) is 4.98 Å². The molecule has 2 heteroatoms. The van der Waals surface area contributed by atoms with Gasteiger partial charge in [0.15, 0.2) is 0 Å². The quantitative estimate of drug-likeness (QED) is 0.686. The van der Waals surface area contributed by atoms with Gasteiger partial charge in [0.05, 0.1) is 0 Å². The summed E-state index contributed by atoms with van der Waals surface area (Å²) in [5.41, 5.74) is 1.20. The topological polar surface area (TPSA) is 15.8 Å². The van der Waals surface area contributed by atoms with E-state index < -0.39 is 0 Å². The number of H-pyrrole nitrogens is 1. The highest BCUT2D eigenvalue weighted by Crippen LogP contribution is 2.32. The lowest BCUT2D eigenvalue weighted by Crippen LogP contribution is -1.74. The molecule has 16 heavy (non-hydrogen) atoms. The zero-order valence-corrected chi connectivity index (χ0v) is 9.50. The van der Waals surface area contributed by atoms with Gasteiger partial charge in [-0.2, -0.15) is 0 Å². The molecule has 0 aliphatic rings. The second-order valence-electron chi connectivity index (χ2n) is 3.61. The van der Waals surface area contributed by atoms with Crippen molar-refractivity contribution >= 4 is 22.7 Å².